The summed E-state index contributed by atoms with van der Waals surface area (Å²) in [6.45, 7) is -2.96. The summed E-state index contributed by atoms with van der Waals surface area (Å²) in [5.41, 5.74) is 1.37. The number of fused-ring (bicyclic) bond motifs is 1. The van der Waals surface area contributed by atoms with Crippen LogP contribution < -0.4 is 15.8 Å². The maximum absolute atomic E-state index is 12.2. The number of amides is 1. The summed E-state index contributed by atoms with van der Waals surface area (Å²) in [6.07, 6.45) is 0. The van der Waals surface area contributed by atoms with Gasteiger partial charge in [0.1, 0.15) is 5.75 Å². The van der Waals surface area contributed by atoms with E-state index in [0.29, 0.717) is 16.8 Å². The number of rotatable bonds is 4. The van der Waals surface area contributed by atoms with Crippen LogP contribution in [0.1, 0.15) is 10.4 Å². The normalized spacial score (nSPS) is 10.9. The summed E-state index contributed by atoms with van der Waals surface area (Å²) in [5, 5.41) is 2.59. The van der Waals surface area contributed by atoms with Crippen molar-refractivity contribution in [3.63, 3.8) is 0 Å². The second kappa shape index (κ2) is 5.91. The van der Waals surface area contributed by atoms with E-state index in [1.165, 1.54) is 36.4 Å². The fourth-order valence-electron chi connectivity index (χ4n) is 2.05. The first kappa shape index (κ1) is 14.8. The molecule has 6 nitrogen and oxygen atoms in total. The van der Waals surface area contributed by atoms with E-state index in [2.05, 4.69) is 15.0 Å². The maximum Gasteiger partial charge on any atom is 0.417 e. The molecule has 0 aliphatic carbocycles. The predicted molar refractivity (Wildman–Crippen MR) is 77.9 cm³/mol. The monoisotopic (exact) mass is 320 g/mol. The quantitative estimate of drug-likeness (QED) is 0.774. The average molecular weight is 320 g/mol. The molecule has 0 spiro atoms. The van der Waals surface area contributed by atoms with Gasteiger partial charge in [-0.05, 0) is 36.4 Å². The van der Waals surface area contributed by atoms with Crippen LogP contribution in [0.2, 0.25) is 0 Å². The molecule has 0 aliphatic rings. The van der Waals surface area contributed by atoms with Crippen LogP contribution in [0.5, 0.6) is 5.75 Å². The molecule has 3 aromatic rings. The van der Waals surface area contributed by atoms with Crippen LogP contribution in [0.25, 0.3) is 11.1 Å². The number of alkyl halides is 2. The van der Waals surface area contributed by atoms with Crippen molar-refractivity contribution in [1.82, 2.24) is 4.98 Å². The molecule has 0 aliphatic heterocycles. The second-order valence-electron chi connectivity index (χ2n) is 4.59. The van der Waals surface area contributed by atoms with E-state index in [9.17, 15) is 18.4 Å². The van der Waals surface area contributed by atoms with Gasteiger partial charge in [0, 0.05) is 11.3 Å². The van der Waals surface area contributed by atoms with Crippen molar-refractivity contribution < 1.29 is 22.7 Å². The summed E-state index contributed by atoms with van der Waals surface area (Å²) < 4.78 is 33.5. The van der Waals surface area contributed by atoms with Crippen LogP contribution in [-0.4, -0.2) is 17.5 Å². The Morgan fingerprint density at radius 2 is 2.04 bits per heavy atom. The Bertz CT molecular complexity index is 917. The molecule has 0 radical (unpaired) electrons. The summed E-state index contributed by atoms with van der Waals surface area (Å²) >= 11 is 0. The fourth-order valence-corrected chi connectivity index (χ4v) is 2.05. The van der Waals surface area contributed by atoms with Gasteiger partial charge in [0.05, 0.1) is 5.52 Å². The number of benzene rings is 2. The average Bonchev–Trinajstić information content (AvgIpc) is 2.86. The largest absolute Gasteiger partial charge is 0.435 e. The van der Waals surface area contributed by atoms with Gasteiger partial charge in [0.2, 0.25) is 0 Å². The highest BCUT2D eigenvalue weighted by molar-refractivity contribution is 6.05. The van der Waals surface area contributed by atoms with Crippen molar-refractivity contribution in [2.24, 2.45) is 0 Å². The Hall–Kier alpha value is -3.16. The van der Waals surface area contributed by atoms with Crippen LogP contribution in [0.3, 0.4) is 0 Å². The summed E-state index contributed by atoms with van der Waals surface area (Å²) in [6, 6.07) is 10.0. The van der Waals surface area contributed by atoms with Crippen LogP contribution in [-0.2, 0) is 0 Å². The van der Waals surface area contributed by atoms with Gasteiger partial charge in [-0.15, -0.1) is 0 Å². The molecule has 1 heterocycles. The van der Waals surface area contributed by atoms with Crippen molar-refractivity contribution in [2.45, 2.75) is 6.61 Å². The second-order valence-corrected chi connectivity index (χ2v) is 4.59. The Labute approximate surface area is 127 Å². The number of oxazole rings is 1. The van der Waals surface area contributed by atoms with Crippen LogP contribution in [0, 0.1) is 0 Å². The molecular weight excluding hydrogens is 310 g/mol. The third kappa shape index (κ3) is 3.37. The number of halogens is 2. The van der Waals surface area contributed by atoms with E-state index in [0.717, 1.165) is 0 Å². The summed E-state index contributed by atoms with van der Waals surface area (Å²) in [7, 11) is 0. The van der Waals surface area contributed by atoms with Gasteiger partial charge >= 0.3 is 12.4 Å². The standard InChI is InChI=1S/C15H10F2N2O4/c16-14(17)22-10-3-1-2-8(6-10)13(20)18-9-4-5-12-11(7-9)19-15(21)23-12/h1-7,14H,(H,18,20)(H,19,21). The zero-order chi connectivity index (χ0) is 16.4. The van der Waals surface area contributed by atoms with Crippen molar-refractivity contribution in [2.75, 3.05) is 5.32 Å². The van der Waals surface area contributed by atoms with E-state index in [1.54, 1.807) is 6.07 Å². The lowest BCUT2D eigenvalue weighted by Crippen LogP contribution is -2.12. The molecule has 1 aromatic heterocycles. The molecule has 0 atom stereocenters. The molecule has 23 heavy (non-hydrogen) atoms. The SMILES string of the molecule is O=C(Nc1ccc2oc(=O)[nH]c2c1)c1cccc(OC(F)F)c1. The van der Waals surface area contributed by atoms with Gasteiger partial charge in [-0.25, -0.2) is 4.79 Å². The number of anilines is 1. The Morgan fingerprint density at radius 1 is 1.22 bits per heavy atom. The molecule has 0 unspecified atom stereocenters. The first-order valence-corrected chi connectivity index (χ1v) is 6.50. The topological polar surface area (TPSA) is 84.3 Å². The van der Waals surface area contributed by atoms with Crippen LogP contribution >= 0.6 is 0 Å². The Morgan fingerprint density at radius 3 is 2.83 bits per heavy atom. The zero-order valence-corrected chi connectivity index (χ0v) is 11.5. The van der Waals surface area contributed by atoms with Gasteiger partial charge in [-0.2, -0.15) is 8.78 Å². The lowest BCUT2D eigenvalue weighted by atomic mass is 10.2. The number of aromatic amines is 1. The van der Waals surface area contributed by atoms with Gasteiger partial charge in [0.15, 0.2) is 5.58 Å². The number of H-pyrrole nitrogens is 1. The van der Waals surface area contributed by atoms with E-state index in [-0.39, 0.29) is 11.3 Å². The number of carbonyl (C=O) groups is 1. The lowest BCUT2D eigenvalue weighted by molar-refractivity contribution is -0.0498. The van der Waals surface area contributed by atoms with Gasteiger partial charge in [0.25, 0.3) is 5.91 Å². The van der Waals surface area contributed by atoms with Crippen molar-refractivity contribution in [3.05, 3.63) is 58.6 Å². The van der Waals surface area contributed by atoms with Crippen molar-refractivity contribution in [3.8, 4) is 5.75 Å². The van der Waals surface area contributed by atoms with E-state index in [1.807, 2.05) is 0 Å². The predicted octanol–water partition coefficient (Wildman–Crippen LogP) is 2.97. The Kier molecular flexibility index (Phi) is 3.80. The molecule has 118 valence electrons. The number of aromatic nitrogens is 1. The van der Waals surface area contributed by atoms with Crippen LogP contribution in [0.15, 0.2) is 51.7 Å². The minimum absolute atomic E-state index is 0.109. The minimum Gasteiger partial charge on any atom is -0.435 e. The molecule has 3 rings (SSSR count). The molecule has 2 N–H and O–H groups in total. The highest BCUT2D eigenvalue weighted by Gasteiger charge is 2.11. The minimum atomic E-state index is -2.96. The number of nitrogens with one attached hydrogen (secondary N) is 2. The number of carbonyl (C=O) groups excluding carboxylic acids is 1. The Balaban J connectivity index is 1.81. The summed E-state index contributed by atoms with van der Waals surface area (Å²) in [5.74, 6) is -1.21. The third-order valence-corrected chi connectivity index (χ3v) is 3.00. The number of ether oxygens (including phenoxy) is 1. The highest BCUT2D eigenvalue weighted by Crippen LogP contribution is 2.19. The van der Waals surface area contributed by atoms with Crippen molar-refractivity contribution >= 4 is 22.7 Å². The number of hydrogen-bond acceptors (Lipinski definition) is 4. The van der Waals surface area contributed by atoms with Gasteiger partial charge in [-0.1, -0.05) is 6.07 Å². The molecule has 0 saturated heterocycles. The molecule has 0 saturated carbocycles. The van der Waals surface area contributed by atoms with Gasteiger partial charge in [-0.3, -0.25) is 9.78 Å². The van der Waals surface area contributed by atoms with Crippen LogP contribution in [0.4, 0.5) is 14.5 Å². The zero-order valence-electron chi connectivity index (χ0n) is 11.5. The first-order chi connectivity index (χ1) is 11.0. The third-order valence-electron chi connectivity index (χ3n) is 3.00. The number of hydrogen-bond donors (Lipinski definition) is 2. The molecule has 1 amide bonds. The highest BCUT2D eigenvalue weighted by atomic mass is 19.3. The molecule has 0 bridgehead atoms. The summed E-state index contributed by atoms with van der Waals surface area (Å²) in [4.78, 5) is 25.7. The van der Waals surface area contributed by atoms with Gasteiger partial charge < -0.3 is 14.5 Å². The molecule has 0 fully saturated rings. The van der Waals surface area contributed by atoms with Crippen molar-refractivity contribution in [1.29, 1.82) is 0 Å². The maximum atomic E-state index is 12.2. The fraction of sp³-hybridized carbons (Fsp3) is 0.0667. The van der Waals surface area contributed by atoms with E-state index >= 15 is 0 Å². The molecular formula is C15H10F2N2O4. The first-order valence-electron chi connectivity index (χ1n) is 6.50. The molecule has 2 aromatic carbocycles. The van der Waals surface area contributed by atoms with E-state index < -0.39 is 18.3 Å². The molecule has 8 heteroatoms. The smallest absolute Gasteiger partial charge is 0.417 e. The van der Waals surface area contributed by atoms with E-state index in [4.69, 9.17) is 4.42 Å². The lowest BCUT2D eigenvalue weighted by Gasteiger charge is -2.08.